The van der Waals surface area contributed by atoms with Gasteiger partial charge in [-0.3, -0.25) is 9.78 Å². The van der Waals surface area contributed by atoms with E-state index in [9.17, 15) is 4.79 Å². The summed E-state index contributed by atoms with van der Waals surface area (Å²) < 4.78 is 1.91. The molecule has 1 aliphatic carbocycles. The van der Waals surface area contributed by atoms with Gasteiger partial charge in [-0.15, -0.1) is 0 Å². The third-order valence-electron chi connectivity index (χ3n) is 6.09. The molecule has 1 atom stereocenters. The predicted octanol–water partition coefficient (Wildman–Crippen LogP) is 5.15. The predicted molar refractivity (Wildman–Crippen MR) is 125 cm³/mol. The Balaban J connectivity index is 1.62. The maximum Gasteiger partial charge on any atom is 0.255 e. The highest BCUT2D eigenvalue weighted by molar-refractivity contribution is 6.05. The van der Waals surface area contributed by atoms with Gasteiger partial charge in [-0.1, -0.05) is 36.4 Å². The van der Waals surface area contributed by atoms with E-state index >= 15 is 0 Å². The first-order valence-corrected chi connectivity index (χ1v) is 11.2. The number of carbonyl (C=O) groups is 1. The molecule has 0 N–H and O–H groups in total. The average molecular weight is 426 g/mol. The number of amides is 1. The largest absolute Gasteiger partial charge is 0.329 e. The van der Waals surface area contributed by atoms with Crippen LogP contribution in [0, 0.1) is 0 Å². The quantitative estimate of drug-likeness (QED) is 0.429. The molecule has 32 heavy (non-hydrogen) atoms. The van der Waals surface area contributed by atoms with Crippen LogP contribution in [0.4, 0.5) is 0 Å². The zero-order chi connectivity index (χ0) is 22.2. The molecule has 1 aliphatic rings. The van der Waals surface area contributed by atoms with Gasteiger partial charge in [0.05, 0.1) is 28.9 Å². The van der Waals surface area contributed by atoms with Crippen molar-refractivity contribution in [2.24, 2.45) is 0 Å². The normalized spacial score (nSPS) is 14.6. The van der Waals surface area contributed by atoms with Crippen molar-refractivity contribution in [2.75, 3.05) is 7.05 Å². The summed E-state index contributed by atoms with van der Waals surface area (Å²) in [4.78, 5) is 25.2. The van der Waals surface area contributed by atoms with Crippen LogP contribution in [0.2, 0.25) is 0 Å². The van der Waals surface area contributed by atoms with E-state index in [0.29, 0.717) is 11.5 Å². The molecule has 0 aliphatic heterocycles. The topological polar surface area (TPSA) is 63.9 Å². The van der Waals surface area contributed by atoms with Gasteiger partial charge in [-0.2, -0.15) is 5.10 Å². The van der Waals surface area contributed by atoms with Crippen LogP contribution in [0.1, 0.15) is 72.0 Å². The summed E-state index contributed by atoms with van der Waals surface area (Å²) in [5, 5.41) is 5.35. The molecule has 0 spiro atoms. The Kier molecular flexibility index (Phi) is 5.21. The van der Waals surface area contributed by atoms with E-state index < -0.39 is 0 Å². The lowest BCUT2D eigenvalue weighted by Crippen LogP contribution is -2.32. The van der Waals surface area contributed by atoms with Crippen molar-refractivity contribution in [1.82, 2.24) is 24.6 Å². The Labute approximate surface area is 187 Å². The number of rotatable bonds is 6. The summed E-state index contributed by atoms with van der Waals surface area (Å²) in [6.45, 7) is 4.16. The maximum atomic E-state index is 14.0. The molecular weight excluding hydrogens is 398 g/mol. The number of carbonyl (C=O) groups excluding carboxylic acids is 1. The van der Waals surface area contributed by atoms with Crippen molar-refractivity contribution in [1.29, 1.82) is 0 Å². The first kappa shape index (κ1) is 20.4. The van der Waals surface area contributed by atoms with Crippen LogP contribution in [0.3, 0.4) is 0 Å². The summed E-state index contributed by atoms with van der Waals surface area (Å²) in [5.41, 5.74) is 4.29. The van der Waals surface area contributed by atoms with E-state index in [4.69, 9.17) is 4.98 Å². The van der Waals surface area contributed by atoms with Gasteiger partial charge in [0.1, 0.15) is 0 Å². The molecule has 0 saturated heterocycles. The summed E-state index contributed by atoms with van der Waals surface area (Å²) in [5.74, 6) is 0.384. The zero-order valence-corrected chi connectivity index (χ0v) is 18.6. The minimum absolute atomic E-state index is 0.0536. The Bertz CT molecular complexity index is 1210. The van der Waals surface area contributed by atoms with Crippen LogP contribution < -0.4 is 0 Å². The molecular formula is C26H27N5O. The molecule has 5 rings (SSSR count). The van der Waals surface area contributed by atoms with Crippen molar-refractivity contribution in [2.45, 2.75) is 44.7 Å². The van der Waals surface area contributed by atoms with Crippen LogP contribution in [-0.2, 0) is 0 Å². The second-order valence-corrected chi connectivity index (χ2v) is 8.77. The highest BCUT2D eigenvalue weighted by Crippen LogP contribution is 2.41. The SMILES string of the molecule is CC(C)n1ncc2c(C(=O)N(C)C(c3ccccc3)c3ccccn3)cc(C3CC3)nc21. The van der Waals surface area contributed by atoms with E-state index in [1.807, 2.05) is 66.3 Å². The van der Waals surface area contributed by atoms with E-state index in [-0.39, 0.29) is 18.0 Å². The lowest BCUT2D eigenvalue weighted by molar-refractivity contribution is 0.0754. The number of nitrogens with zero attached hydrogens (tertiary/aromatic N) is 5. The van der Waals surface area contributed by atoms with Crippen molar-refractivity contribution < 1.29 is 4.79 Å². The number of fused-ring (bicyclic) bond motifs is 1. The monoisotopic (exact) mass is 425 g/mol. The van der Waals surface area contributed by atoms with E-state index in [1.54, 1.807) is 17.3 Å². The lowest BCUT2D eigenvalue weighted by Gasteiger charge is -2.28. The molecule has 1 saturated carbocycles. The number of benzene rings is 1. The number of hydrogen-bond donors (Lipinski definition) is 0. The van der Waals surface area contributed by atoms with Gasteiger partial charge in [0, 0.05) is 30.9 Å². The fourth-order valence-electron chi connectivity index (χ4n) is 4.25. The summed E-state index contributed by atoms with van der Waals surface area (Å²) in [6.07, 6.45) is 5.79. The summed E-state index contributed by atoms with van der Waals surface area (Å²) >= 11 is 0. The Morgan fingerprint density at radius 1 is 1.09 bits per heavy atom. The van der Waals surface area contributed by atoms with Crippen LogP contribution in [0.25, 0.3) is 11.0 Å². The van der Waals surface area contributed by atoms with Gasteiger partial charge in [-0.05, 0) is 50.5 Å². The minimum Gasteiger partial charge on any atom is -0.329 e. The van der Waals surface area contributed by atoms with Gasteiger partial charge in [0.15, 0.2) is 5.65 Å². The van der Waals surface area contributed by atoms with E-state index in [2.05, 4.69) is 23.9 Å². The van der Waals surface area contributed by atoms with Crippen molar-refractivity contribution in [3.05, 3.63) is 89.5 Å². The molecule has 4 aromatic rings. The standard InChI is InChI=1S/C26H27N5O/c1-17(2)31-25-21(16-28-31)20(15-23(29-25)18-12-13-18)26(32)30(3)24(19-9-5-4-6-10-19)22-11-7-8-14-27-22/h4-11,14-18,24H,12-13H2,1-3H3. The molecule has 162 valence electrons. The molecule has 6 heteroatoms. The molecule has 1 aromatic carbocycles. The molecule has 3 aromatic heterocycles. The summed E-state index contributed by atoms with van der Waals surface area (Å²) in [6, 6.07) is 17.7. The fraction of sp³-hybridized carbons (Fsp3) is 0.308. The molecule has 3 heterocycles. The molecule has 1 amide bonds. The number of hydrogen-bond acceptors (Lipinski definition) is 4. The molecule has 0 bridgehead atoms. The van der Waals surface area contributed by atoms with Crippen molar-refractivity contribution in [3.63, 3.8) is 0 Å². The first-order chi connectivity index (χ1) is 15.5. The van der Waals surface area contributed by atoms with Crippen LogP contribution in [-0.4, -0.2) is 37.6 Å². The maximum absolute atomic E-state index is 14.0. The third kappa shape index (κ3) is 3.66. The number of pyridine rings is 2. The molecule has 1 fully saturated rings. The molecule has 0 radical (unpaired) electrons. The Morgan fingerprint density at radius 3 is 2.50 bits per heavy atom. The fourth-order valence-corrected chi connectivity index (χ4v) is 4.25. The smallest absolute Gasteiger partial charge is 0.255 e. The Morgan fingerprint density at radius 2 is 1.84 bits per heavy atom. The van der Waals surface area contributed by atoms with Crippen molar-refractivity contribution in [3.8, 4) is 0 Å². The van der Waals surface area contributed by atoms with Crippen LogP contribution >= 0.6 is 0 Å². The highest BCUT2D eigenvalue weighted by Gasteiger charge is 2.31. The Hall–Kier alpha value is -3.54. The second-order valence-electron chi connectivity index (χ2n) is 8.77. The van der Waals surface area contributed by atoms with E-state index in [1.165, 1.54) is 0 Å². The molecule has 1 unspecified atom stereocenters. The zero-order valence-electron chi connectivity index (χ0n) is 18.6. The van der Waals surface area contributed by atoms with Gasteiger partial charge < -0.3 is 4.90 Å². The lowest BCUT2D eigenvalue weighted by atomic mass is 10.00. The molecule has 6 nitrogen and oxygen atoms in total. The van der Waals surface area contributed by atoms with Gasteiger partial charge in [-0.25, -0.2) is 9.67 Å². The minimum atomic E-state index is -0.294. The van der Waals surface area contributed by atoms with Gasteiger partial charge in [0.25, 0.3) is 5.91 Å². The van der Waals surface area contributed by atoms with Crippen molar-refractivity contribution >= 4 is 16.9 Å². The van der Waals surface area contributed by atoms with Gasteiger partial charge >= 0.3 is 0 Å². The van der Waals surface area contributed by atoms with Crippen LogP contribution in [0.5, 0.6) is 0 Å². The van der Waals surface area contributed by atoms with Gasteiger partial charge in [0.2, 0.25) is 0 Å². The average Bonchev–Trinajstić information content (AvgIpc) is 3.58. The van der Waals surface area contributed by atoms with Crippen LogP contribution in [0.15, 0.2) is 67.0 Å². The summed E-state index contributed by atoms with van der Waals surface area (Å²) in [7, 11) is 1.85. The highest BCUT2D eigenvalue weighted by atomic mass is 16.2. The second kappa shape index (κ2) is 8.19. The van der Waals surface area contributed by atoms with E-state index in [0.717, 1.165) is 40.8 Å². The first-order valence-electron chi connectivity index (χ1n) is 11.2. The third-order valence-corrected chi connectivity index (χ3v) is 6.09. The number of aromatic nitrogens is 4.